The molecule has 0 aromatic rings. The van der Waals surface area contributed by atoms with Crippen molar-refractivity contribution in [1.29, 1.82) is 0 Å². The topological polar surface area (TPSA) is 70.6 Å². The molecular formula is C15H24F2N2O3. The number of hydroxylamine groups is 1. The van der Waals surface area contributed by atoms with E-state index in [9.17, 15) is 13.6 Å². The number of carbonyl (C=O) groups is 1. The van der Waals surface area contributed by atoms with Crippen LogP contribution in [0.2, 0.25) is 0 Å². The van der Waals surface area contributed by atoms with Crippen molar-refractivity contribution in [2.75, 3.05) is 0 Å². The molecule has 1 saturated heterocycles. The van der Waals surface area contributed by atoms with E-state index in [-0.39, 0.29) is 37.3 Å². The Bertz CT molecular complexity index is 412. The molecule has 3 N–H and O–H groups in total. The predicted molar refractivity (Wildman–Crippen MR) is 75.1 cm³/mol. The van der Waals surface area contributed by atoms with E-state index in [1.165, 1.54) is 0 Å². The maximum atomic E-state index is 14.0. The summed E-state index contributed by atoms with van der Waals surface area (Å²) in [6, 6.07) is 0. The Morgan fingerprint density at radius 2 is 1.95 bits per heavy atom. The lowest BCUT2D eigenvalue weighted by molar-refractivity contribution is -0.143. The second kappa shape index (κ2) is 6.76. The summed E-state index contributed by atoms with van der Waals surface area (Å²) in [4.78, 5) is 16.6. The quantitative estimate of drug-likeness (QED) is 0.744. The van der Waals surface area contributed by atoms with Gasteiger partial charge in [0.15, 0.2) is 0 Å². The van der Waals surface area contributed by atoms with Gasteiger partial charge in [0.2, 0.25) is 0 Å². The van der Waals surface area contributed by atoms with Crippen LogP contribution in [0, 0.1) is 17.8 Å². The molecule has 0 spiro atoms. The largest absolute Gasteiger partial charge is 0.481 e. The molecule has 1 aliphatic heterocycles. The molecule has 0 aromatic carbocycles. The summed E-state index contributed by atoms with van der Waals surface area (Å²) in [5.41, 5.74) is 2.88. The molecule has 1 heterocycles. The van der Waals surface area contributed by atoms with E-state index in [0.717, 1.165) is 12.8 Å². The van der Waals surface area contributed by atoms with Crippen LogP contribution in [-0.2, 0) is 9.63 Å². The van der Waals surface area contributed by atoms with Crippen LogP contribution < -0.4 is 10.8 Å². The minimum atomic E-state index is -1.05. The van der Waals surface area contributed by atoms with Gasteiger partial charge < -0.3 is 5.11 Å². The Morgan fingerprint density at radius 3 is 2.73 bits per heavy atom. The van der Waals surface area contributed by atoms with E-state index in [2.05, 4.69) is 10.8 Å². The van der Waals surface area contributed by atoms with Crippen molar-refractivity contribution in [1.82, 2.24) is 10.8 Å². The van der Waals surface area contributed by atoms with Crippen molar-refractivity contribution in [3.05, 3.63) is 0 Å². The van der Waals surface area contributed by atoms with Crippen molar-refractivity contribution in [3.63, 3.8) is 0 Å². The molecule has 3 aliphatic rings. The number of rotatable bonds is 3. The van der Waals surface area contributed by atoms with E-state index in [1.807, 2.05) is 0 Å². The van der Waals surface area contributed by atoms with Crippen molar-refractivity contribution in [3.8, 4) is 0 Å². The average molecular weight is 318 g/mol. The molecule has 7 heteroatoms. The predicted octanol–water partition coefficient (Wildman–Crippen LogP) is 2.13. The number of halogens is 2. The maximum Gasteiger partial charge on any atom is 0.306 e. The highest BCUT2D eigenvalue weighted by atomic mass is 19.1. The van der Waals surface area contributed by atoms with Crippen LogP contribution in [0.25, 0.3) is 0 Å². The van der Waals surface area contributed by atoms with Gasteiger partial charge in [0, 0.05) is 5.92 Å². The van der Waals surface area contributed by atoms with Crippen LogP contribution in [-0.4, -0.2) is 35.8 Å². The highest BCUT2D eigenvalue weighted by molar-refractivity contribution is 5.70. The van der Waals surface area contributed by atoms with E-state index < -0.39 is 30.5 Å². The molecule has 2 saturated carbocycles. The van der Waals surface area contributed by atoms with Crippen molar-refractivity contribution < 1.29 is 23.5 Å². The van der Waals surface area contributed by atoms with Crippen LogP contribution in [0.1, 0.15) is 44.9 Å². The fourth-order valence-electron chi connectivity index (χ4n) is 4.02. The van der Waals surface area contributed by atoms with Gasteiger partial charge in [0.05, 0.1) is 12.1 Å². The summed E-state index contributed by atoms with van der Waals surface area (Å²) in [7, 11) is 0. The zero-order chi connectivity index (χ0) is 15.7. The standard InChI is InChI=1S/C15H24F2N2O3/c16-10-4-5-12(17)11(7-10)14-18-13(19-22-14)8-2-1-3-9(6-8)15(20)21/h8-14,18-19H,1-7H2,(H,20,21). The minimum absolute atomic E-state index is 0.141. The number of carboxylic acid groups (broad SMARTS) is 1. The summed E-state index contributed by atoms with van der Waals surface area (Å²) < 4.78 is 27.5. The third-order valence-corrected chi connectivity index (χ3v) is 5.34. The van der Waals surface area contributed by atoms with Gasteiger partial charge in [-0.25, -0.2) is 8.78 Å². The lowest BCUT2D eigenvalue weighted by Crippen LogP contribution is -2.47. The molecule has 7 unspecified atom stereocenters. The molecule has 0 bridgehead atoms. The highest BCUT2D eigenvalue weighted by Crippen LogP contribution is 2.36. The van der Waals surface area contributed by atoms with Gasteiger partial charge in [0.1, 0.15) is 18.6 Å². The monoisotopic (exact) mass is 318 g/mol. The van der Waals surface area contributed by atoms with Gasteiger partial charge in [-0.05, 0) is 44.4 Å². The Hall–Kier alpha value is -0.790. The first-order chi connectivity index (χ1) is 10.5. The third kappa shape index (κ3) is 3.41. The normalized spacial score (nSPS) is 46.5. The first kappa shape index (κ1) is 16.1. The van der Waals surface area contributed by atoms with E-state index in [1.54, 1.807) is 0 Å². The molecule has 5 nitrogen and oxygen atoms in total. The zero-order valence-electron chi connectivity index (χ0n) is 12.5. The first-order valence-corrected chi connectivity index (χ1v) is 8.22. The Labute approximate surface area is 128 Å². The van der Waals surface area contributed by atoms with E-state index >= 15 is 0 Å². The fourth-order valence-corrected chi connectivity index (χ4v) is 4.02. The summed E-state index contributed by atoms with van der Waals surface area (Å²) in [5.74, 6) is -1.42. The number of hydrogen-bond acceptors (Lipinski definition) is 4. The summed E-state index contributed by atoms with van der Waals surface area (Å²) in [5, 5.41) is 12.4. The molecule has 0 amide bonds. The second-order valence-corrected chi connectivity index (χ2v) is 6.85. The van der Waals surface area contributed by atoms with Crippen LogP contribution in [0.15, 0.2) is 0 Å². The SMILES string of the molecule is O=C(O)C1CCCC(C2NOC(C3CC(F)CCC3F)N2)C1. The molecule has 126 valence electrons. The van der Waals surface area contributed by atoms with Crippen LogP contribution >= 0.6 is 0 Å². The highest BCUT2D eigenvalue weighted by Gasteiger charge is 2.43. The van der Waals surface area contributed by atoms with Crippen molar-refractivity contribution in [2.45, 2.75) is 69.7 Å². The number of hydrogen-bond donors (Lipinski definition) is 3. The fraction of sp³-hybridized carbons (Fsp3) is 0.933. The number of nitrogens with one attached hydrogen (secondary N) is 2. The lowest BCUT2D eigenvalue weighted by Gasteiger charge is -2.33. The van der Waals surface area contributed by atoms with Gasteiger partial charge in [-0.15, -0.1) is 0 Å². The number of carboxylic acids is 1. The summed E-state index contributed by atoms with van der Waals surface area (Å²) in [6.45, 7) is 0. The molecule has 3 rings (SSSR count). The van der Waals surface area contributed by atoms with E-state index in [4.69, 9.17) is 9.94 Å². The number of aliphatic carboxylic acids is 1. The van der Waals surface area contributed by atoms with Crippen molar-refractivity contribution in [2.24, 2.45) is 17.8 Å². The molecule has 2 aliphatic carbocycles. The first-order valence-electron chi connectivity index (χ1n) is 8.22. The lowest BCUT2D eigenvalue weighted by atomic mass is 9.79. The van der Waals surface area contributed by atoms with Gasteiger partial charge in [-0.2, -0.15) is 5.48 Å². The van der Waals surface area contributed by atoms with Gasteiger partial charge >= 0.3 is 5.97 Å². The Morgan fingerprint density at radius 1 is 1.14 bits per heavy atom. The van der Waals surface area contributed by atoms with E-state index in [0.29, 0.717) is 12.8 Å². The second-order valence-electron chi connectivity index (χ2n) is 6.85. The Balaban J connectivity index is 1.56. The van der Waals surface area contributed by atoms with Crippen LogP contribution in [0.5, 0.6) is 0 Å². The van der Waals surface area contributed by atoms with Gasteiger partial charge in [-0.3, -0.25) is 14.9 Å². The van der Waals surface area contributed by atoms with Gasteiger partial charge in [-0.1, -0.05) is 6.42 Å². The maximum absolute atomic E-state index is 14.0. The van der Waals surface area contributed by atoms with Gasteiger partial charge in [0.25, 0.3) is 0 Å². The molecular weight excluding hydrogens is 294 g/mol. The minimum Gasteiger partial charge on any atom is -0.481 e. The van der Waals surface area contributed by atoms with Crippen LogP contribution in [0.4, 0.5) is 8.78 Å². The molecule has 0 aromatic heterocycles. The molecule has 0 radical (unpaired) electrons. The smallest absolute Gasteiger partial charge is 0.306 e. The van der Waals surface area contributed by atoms with Crippen molar-refractivity contribution >= 4 is 5.97 Å². The molecule has 3 fully saturated rings. The summed E-state index contributed by atoms with van der Waals surface area (Å²) in [6.07, 6.45) is 1.04. The molecule has 7 atom stereocenters. The molecule has 22 heavy (non-hydrogen) atoms. The Kier molecular flexibility index (Phi) is 4.94. The summed E-state index contributed by atoms with van der Waals surface area (Å²) >= 11 is 0. The average Bonchev–Trinajstić information content (AvgIpc) is 2.99. The zero-order valence-corrected chi connectivity index (χ0v) is 12.5. The number of alkyl halides is 2. The third-order valence-electron chi connectivity index (χ3n) is 5.34. The van der Waals surface area contributed by atoms with Crippen LogP contribution in [0.3, 0.4) is 0 Å².